The molecule has 0 spiro atoms. The Kier molecular flexibility index (Phi) is 3.90. The van der Waals surface area contributed by atoms with Gasteiger partial charge in [-0.2, -0.15) is 5.26 Å². The van der Waals surface area contributed by atoms with Crippen LogP contribution in [0.3, 0.4) is 0 Å². The Morgan fingerprint density at radius 3 is 3.17 bits per heavy atom. The van der Waals surface area contributed by atoms with E-state index in [0.29, 0.717) is 6.54 Å². The topological polar surface area (TPSA) is 69.0 Å². The monoisotopic (exact) mass is 244 g/mol. The molecular weight excluding hydrogens is 228 g/mol. The van der Waals surface area contributed by atoms with Crippen molar-refractivity contribution in [1.82, 2.24) is 15.2 Å². The molecule has 1 aromatic heterocycles. The Morgan fingerprint density at radius 2 is 2.50 bits per heavy atom. The lowest BCUT2D eigenvalue weighted by atomic mass is 10.1. The van der Waals surface area contributed by atoms with Crippen molar-refractivity contribution in [2.24, 2.45) is 0 Å². The van der Waals surface area contributed by atoms with Crippen LogP contribution in [0.15, 0.2) is 24.5 Å². The zero-order valence-corrected chi connectivity index (χ0v) is 10.3. The molecule has 1 fully saturated rings. The third kappa shape index (κ3) is 2.84. The number of rotatable bonds is 3. The zero-order chi connectivity index (χ0) is 13.0. The maximum absolute atomic E-state index is 11.9. The summed E-state index contributed by atoms with van der Waals surface area (Å²) in [5.74, 6) is -0.0563. The molecule has 94 valence electrons. The van der Waals surface area contributed by atoms with E-state index in [1.54, 1.807) is 12.4 Å². The van der Waals surface area contributed by atoms with Crippen molar-refractivity contribution in [3.8, 4) is 6.07 Å². The zero-order valence-electron chi connectivity index (χ0n) is 10.3. The van der Waals surface area contributed by atoms with Crippen LogP contribution in [0.2, 0.25) is 0 Å². The van der Waals surface area contributed by atoms with Gasteiger partial charge in [0.15, 0.2) is 0 Å². The first-order valence-electron chi connectivity index (χ1n) is 6.01. The second kappa shape index (κ2) is 5.61. The summed E-state index contributed by atoms with van der Waals surface area (Å²) in [4.78, 5) is 18.0. The van der Waals surface area contributed by atoms with E-state index in [-0.39, 0.29) is 24.4 Å². The van der Waals surface area contributed by atoms with Crippen LogP contribution in [0.5, 0.6) is 0 Å². The van der Waals surface area contributed by atoms with Gasteiger partial charge in [-0.1, -0.05) is 6.07 Å². The Bertz CT molecular complexity index is 454. The molecule has 1 N–H and O–H groups in total. The first-order valence-corrected chi connectivity index (χ1v) is 6.01. The average molecular weight is 244 g/mol. The van der Waals surface area contributed by atoms with Gasteiger partial charge in [0.05, 0.1) is 12.5 Å². The summed E-state index contributed by atoms with van der Waals surface area (Å²) >= 11 is 0. The molecule has 1 saturated heterocycles. The van der Waals surface area contributed by atoms with Gasteiger partial charge < -0.3 is 5.32 Å². The van der Waals surface area contributed by atoms with E-state index in [2.05, 4.69) is 16.4 Å². The number of aromatic nitrogens is 1. The van der Waals surface area contributed by atoms with Gasteiger partial charge in [-0.15, -0.1) is 0 Å². The number of carbonyl (C=O) groups is 1. The number of pyridine rings is 1. The van der Waals surface area contributed by atoms with Crippen molar-refractivity contribution in [3.05, 3.63) is 30.1 Å². The second-order valence-electron chi connectivity index (χ2n) is 4.58. The lowest BCUT2D eigenvalue weighted by Gasteiger charge is -2.37. The normalized spacial score (nSPS) is 24.3. The minimum atomic E-state index is -0.355. The molecule has 0 radical (unpaired) electrons. The fourth-order valence-corrected chi connectivity index (χ4v) is 2.24. The van der Waals surface area contributed by atoms with Gasteiger partial charge >= 0.3 is 0 Å². The van der Waals surface area contributed by atoms with Crippen molar-refractivity contribution in [2.45, 2.75) is 32.0 Å². The summed E-state index contributed by atoms with van der Waals surface area (Å²) in [6.45, 7) is 3.38. The molecule has 18 heavy (non-hydrogen) atoms. The van der Waals surface area contributed by atoms with E-state index < -0.39 is 0 Å². The van der Waals surface area contributed by atoms with Crippen molar-refractivity contribution < 1.29 is 4.79 Å². The average Bonchev–Trinajstić information content (AvgIpc) is 2.35. The van der Waals surface area contributed by atoms with E-state index >= 15 is 0 Å². The van der Waals surface area contributed by atoms with Gasteiger partial charge in [0.2, 0.25) is 5.91 Å². The summed E-state index contributed by atoms with van der Waals surface area (Å²) in [5.41, 5.74) is 1.06. The Balaban J connectivity index is 2.12. The standard InChI is InChI=1S/C13H16N4O/c1-10-8-17(9-11-3-2-6-15-7-11)12(4-5-14)13(18)16-10/h2-3,6-7,10,12H,4,8-9H2,1H3,(H,16,18). The number of carbonyl (C=O) groups excluding carboxylic acids is 1. The van der Waals surface area contributed by atoms with Gasteiger partial charge in [-0.25, -0.2) is 0 Å². The second-order valence-corrected chi connectivity index (χ2v) is 4.58. The van der Waals surface area contributed by atoms with Crippen LogP contribution >= 0.6 is 0 Å². The van der Waals surface area contributed by atoms with Gasteiger partial charge in [0, 0.05) is 31.5 Å². The molecule has 2 rings (SSSR count). The van der Waals surface area contributed by atoms with E-state index in [0.717, 1.165) is 12.1 Å². The highest BCUT2D eigenvalue weighted by Gasteiger charge is 2.32. The number of amides is 1. The van der Waals surface area contributed by atoms with Crippen LogP contribution in [0.25, 0.3) is 0 Å². The van der Waals surface area contributed by atoms with E-state index in [9.17, 15) is 4.79 Å². The predicted octanol–water partition coefficient (Wildman–Crippen LogP) is 0.684. The molecule has 0 aromatic carbocycles. The van der Waals surface area contributed by atoms with Gasteiger partial charge in [-0.05, 0) is 18.6 Å². The number of piperazine rings is 1. The van der Waals surface area contributed by atoms with Gasteiger partial charge in [-0.3, -0.25) is 14.7 Å². The molecule has 1 aliphatic rings. The summed E-state index contributed by atoms with van der Waals surface area (Å²) in [5, 5.41) is 11.7. The maximum atomic E-state index is 11.9. The third-order valence-electron chi connectivity index (χ3n) is 3.03. The number of nitrogens with zero attached hydrogens (tertiary/aromatic N) is 3. The van der Waals surface area contributed by atoms with Crippen LogP contribution in [0.4, 0.5) is 0 Å². The summed E-state index contributed by atoms with van der Waals surface area (Å²) in [6.07, 6.45) is 3.74. The number of nitriles is 1. The highest BCUT2D eigenvalue weighted by molar-refractivity contribution is 5.83. The van der Waals surface area contributed by atoms with Crippen LogP contribution < -0.4 is 5.32 Å². The summed E-state index contributed by atoms with van der Waals surface area (Å²) in [6, 6.07) is 5.70. The van der Waals surface area contributed by atoms with E-state index in [1.165, 1.54) is 0 Å². The molecule has 2 unspecified atom stereocenters. The molecule has 1 aromatic rings. The Morgan fingerprint density at radius 1 is 1.67 bits per heavy atom. The number of nitrogens with one attached hydrogen (secondary N) is 1. The van der Waals surface area contributed by atoms with Crippen molar-refractivity contribution in [3.63, 3.8) is 0 Å². The van der Waals surface area contributed by atoms with Crippen molar-refractivity contribution >= 4 is 5.91 Å². The molecule has 0 saturated carbocycles. The highest BCUT2D eigenvalue weighted by atomic mass is 16.2. The van der Waals surface area contributed by atoms with E-state index in [4.69, 9.17) is 5.26 Å². The molecule has 5 heteroatoms. The largest absolute Gasteiger partial charge is 0.351 e. The third-order valence-corrected chi connectivity index (χ3v) is 3.03. The summed E-state index contributed by atoms with van der Waals surface area (Å²) in [7, 11) is 0. The van der Waals surface area contributed by atoms with Crippen LogP contribution in [0, 0.1) is 11.3 Å². The van der Waals surface area contributed by atoms with Crippen LogP contribution in [-0.2, 0) is 11.3 Å². The predicted molar refractivity (Wildman–Crippen MR) is 66.3 cm³/mol. The van der Waals surface area contributed by atoms with Crippen LogP contribution in [-0.4, -0.2) is 34.4 Å². The van der Waals surface area contributed by atoms with Gasteiger partial charge in [0.1, 0.15) is 6.04 Å². The molecule has 0 bridgehead atoms. The number of hydrogen-bond acceptors (Lipinski definition) is 4. The van der Waals surface area contributed by atoms with Crippen molar-refractivity contribution in [1.29, 1.82) is 5.26 Å². The highest BCUT2D eigenvalue weighted by Crippen LogP contribution is 2.15. The molecule has 2 heterocycles. The summed E-state index contributed by atoms with van der Waals surface area (Å²) < 4.78 is 0. The minimum Gasteiger partial charge on any atom is -0.351 e. The molecule has 0 aliphatic carbocycles. The van der Waals surface area contributed by atoms with Gasteiger partial charge in [0.25, 0.3) is 0 Å². The Hall–Kier alpha value is -1.93. The fraction of sp³-hybridized carbons (Fsp3) is 0.462. The maximum Gasteiger partial charge on any atom is 0.238 e. The van der Waals surface area contributed by atoms with E-state index in [1.807, 2.05) is 24.0 Å². The quantitative estimate of drug-likeness (QED) is 0.849. The molecule has 1 amide bonds. The number of hydrogen-bond donors (Lipinski definition) is 1. The molecular formula is C13H16N4O. The first-order chi connectivity index (χ1) is 8.70. The lowest BCUT2D eigenvalue weighted by Crippen LogP contribution is -2.58. The lowest BCUT2D eigenvalue weighted by molar-refractivity contribution is -0.130. The molecule has 5 nitrogen and oxygen atoms in total. The SMILES string of the molecule is CC1CN(Cc2cccnc2)C(CC#N)C(=O)N1. The van der Waals surface area contributed by atoms with Crippen LogP contribution in [0.1, 0.15) is 18.9 Å². The fourth-order valence-electron chi connectivity index (χ4n) is 2.24. The Labute approximate surface area is 106 Å². The first kappa shape index (κ1) is 12.5. The molecule has 1 aliphatic heterocycles. The smallest absolute Gasteiger partial charge is 0.238 e. The van der Waals surface area contributed by atoms with Crippen molar-refractivity contribution in [2.75, 3.05) is 6.54 Å². The minimum absolute atomic E-state index is 0.0563. The molecule has 2 atom stereocenters.